The number of thiocarbonyl (C=S) groups is 1. The fraction of sp³-hybridized carbons (Fsp3) is 0. The number of rotatable bonds is 1. The zero-order valence-electron chi connectivity index (χ0n) is 4.74. The maximum absolute atomic E-state index is 5.32. The zero-order chi connectivity index (χ0) is 6.69. The minimum atomic E-state index is 0.414. The van der Waals surface area contributed by atoms with Gasteiger partial charge in [0.25, 0.3) is 0 Å². The highest BCUT2D eigenvalue weighted by Gasteiger charge is 2.00. The van der Waals surface area contributed by atoms with Gasteiger partial charge >= 0.3 is 0 Å². The molecule has 2 nitrogen and oxygen atoms in total. The van der Waals surface area contributed by atoms with E-state index in [1.54, 1.807) is 24.6 Å². The molecule has 3 heteroatoms. The van der Waals surface area contributed by atoms with Crippen LogP contribution < -0.4 is 10.7 Å². The quantitative estimate of drug-likeness (QED) is 0.523. The number of allylic oxidation sites excluding steroid dienone is 1. The SMILES string of the molecule is NC(=S)C1=CC=[N+]C=C1. The molecule has 2 N–H and O–H groups in total. The van der Waals surface area contributed by atoms with E-state index in [1.165, 1.54) is 0 Å². The Morgan fingerprint density at radius 1 is 1.67 bits per heavy atom. The van der Waals surface area contributed by atoms with Gasteiger partial charge in [-0.25, -0.2) is 0 Å². The second-order valence-electron chi connectivity index (χ2n) is 1.60. The van der Waals surface area contributed by atoms with Gasteiger partial charge in [0.15, 0.2) is 0 Å². The van der Waals surface area contributed by atoms with Gasteiger partial charge in [-0.05, 0) is 0 Å². The third kappa shape index (κ3) is 1.47. The molecule has 45 valence electrons. The molecule has 0 fully saturated rings. The predicted octanol–water partition coefficient (Wildman–Crippen LogP) is 0.133. The first kappa shape index (κ1) is 6.16. The first-order valence-electron chi connectivity index (χ1n) is 2.50. The van der Waals surface area contributed by atoms with E-state index < -0.39 is 0 Å². The second-order valence-corrected chi connectivity index (χ2v) is 2.04. The Balaban J connectivity index is 2.84. The van der Waals surface area contributed by atoms with Crippen LogP contribution in [0, 0.1) is 0 Å². The van der Waals surface area contributed by atoms with Crippen LogP contribution in [0.2, 0.25) is 0 Å². The summed E-state index contributed by atoms with van der Waals surface area (Å²) in [4.78, 5) is 4.23. The Kier molecular flexibility index (Phi) is 1.75. The van der Waals surface area contributed by atoms with Crippen molar-refractivity contribution in [3.05, 3.63) is 23.9 Å². The molecular formula is C6H6N2S+. The van der Waals surface area contributed by atoms with Gasteiger partial charge in [-0.1, -0.05) is 12.2 Å². The van der Waals surface area contributed by atoms with Gasteiger partial charge in [0, 0.05) is 17.7 Å². The van der Waals surface area contributed by atoms with Crippen molar-refractivity contribution in [1.29, 1.82) is 0 Å². The Morgan fingerprint density at radius 2 is 2.44 bits per heavy atom. The average molecular weight is 138 g/mol. The lowest BCUT2D eigenvalue weighted by molar-refractivity contribution is 1.38. The molecule has 0 saturated carbocycles. The molecule has 0 aromatic carbocycles. The Bertz CT molecular complexity index is 213. The zero-order valence-corrected chi connectivity index (χ0v) is 5.56. The van der Waals surface area contributed by atoms with Crippen molar-refractivity contribution < 1.29 is 0 Å². The molecule has 0 aromatic heterocycles. The molecule has 0 bridgehead atoms. The highest BCUT2D eigenvalue weighted by Crippen LogP contribution is 1.96. The van der Waals surface area contributed by atoms with Crippen molar-refractivity contribution in [2.24, 2.45) is 5.73 Å². The van der Waals surface area contributed by atoms with Gasteiger partial charge in [0.05, 0.1) is 4.99 Å². The van der Waals surface area contributed by atoms with Gasteiger partial charge in [-0.3, -0.25) is 0 Å². The van der Waals surface area contributed by atoms with Crippen LogP contribution in [0.4, 0.5) is 0 Å². The maximum Gasteiger partial charge on any atom is 0.242 e. The Morgan fingerprint density at radius 3 is 2.78 bits per heavy atom. The molecular weight excluding hydrogens is 132 g/mol. The first-order chi connectivity index (χ1) is 4.30. The standard InChI is InChI=1S/C6H6N2S/c7-6(9)5-1-3-8-4-2-5/h1-4H,(H2,7,9)/q+1. The van der Waals surface area contributed by atoms with Crippen molar-refractivity contribution in [3.8, 4) is 0 Å². The van der Waals surface area contributed by atoms with E-state index in [4.69, 9.17) is 18.0 Å². The molecule has 0 aliphatic carbocycles. The van der Waals surface area contributed by atoms with Crippen molar-refractivity contribution >= 4 is 23.4 Å². The van der Waals surface area contributed by atoms with E-state index in [-0.39, 0.29) is 0 Å². The summed E-state index contributed by atoms with van der Waals surface area (Å²) in [5, 5.41) is 0. The van der Waals surface area contributed by atoms with Crippen molar-refractivity contribution in [1.82, 2.24) is 4.99 Å². The van der Waals surface area contributed by atoms with Crippen LogP contribution in [-0.2, 0) is 0 Å². The van der Waals surface area contributed by atoms with Crippen molar-refractivity contribution in [2.45, 2.75) is 0 Å². The van der Waals surface area contributed by atoms with Crippen LogP contribution in [-0.4, -0.2) is 11.2 Å². The summed E-state index contributed by atoms with van der Waals surface area (Å²) in [5.41, 5.74) is 6.18. The normalized spacial score (nSPS) is 15.3. The highest BCUT2D eigenvalue weighted by molar-refractivity contribution is 7.80. The lowest BCUT2D eigenvalue weighted by atomic mass is 10.2. The van der Waals surface area contributed by atoms with Gasteiger partial charge in [-0.2, -0.15) is 0 Å². The summed E-state index contributed by atoms with van der Waals surface area (Å²) in [6.07, 6.45) is 6.88. The number of nitrogens with zero attached hydrogens (tertiary/aromatic N) is 1. The van der Waals surface area contributed by atoms with Crippen molar-refractivity contribution in [3.63, 3.8) is 0 Å². The van der Waals surface area contributed by atoms with Gasteiger partial charge in [0.1, 0.15) is 4.99 Å². The summed E-state index contributed by atoms with van der Waals surface area (Å²) in [7, 11) is 0. The summed E-state index contributed by atoms with van der Waals surface area (Å²) >= 11 is 4.71. The number of hydrogen-bond donors (Lipinski definition) is 1. The van der Waals surface area contributed by atoms with Crippen LogP contribution in [0.3, 0.4) is 0 Å². The van der Waals surface area contributed by atoms with E-state index in [2.05, 4.69) is 4.99 Å². The fourth-order valence-corrected chi connectivity index (χ4v) is 0.652. The van der Waals surface area contributed by atoms with E-state index >= 15 is 0 Å². The van der Waals surface area contributed by atoms with Gasteiger partial charge < -0.3 is 5.73 Å². The van der Waals surface area contributed by atoms with Gasteiger partial charge in [0.2, 0.25) is 12.4 Å². The van der Waals surface area contributed by atoms with Crippen LogP contribution in [0.15, 0.2) is 23.9 Å². The third-order valence-corrected chi connectivity index (χ3v) is 1.20. The minimum absolute atomic E-state index is 0.414. The molecule has 9 heavy (non-hydrogen) atoms. The van der Waals surface area contributed by atoms with E-state index in [0.717, 1.165) is 5.57 Å². The fourth-order valence-electron chi connectivity index (χ4n) is 0.516. The molecule has 0 spiro atoms. The summed E-state index contributed by atoms with van der Waals surface area (Å²) < 4.78 is 0. The van der Waals surface area contributed by atoms with Crippen LogP contribution in [0.25, 0.3) is 0 Å². The molecule has 0 amide bonds. The van der Waals surface area contributed by atoms with Crippen molar-refractivity contribution in [2.75, 3.05) is 0 Å². The highest BCUT2D eigenvalue weighted by atomic mass is 32.1. The molecule has 0 atom stereocenters. The summed E-state index contributed by atoms with van der Waals surface area (Å²) in [6, 6.07) is 0. The maximum atomic E-state index is 5.32. The second kappa shape index (κ2) is 2.55. The Hall–Kier alpha value is -0.960. The van der Waals surface area contributed by atoms with E-state index in [9.17, 15) is 0 Å². The number of nitrogens with two attached hydrogens (primary N) is 1. The predicted molar refractivity (Wildman–Crippen MR) is 42.2 cm³/mol. The monoisotopic (exact) mass is 138 g/mol. The topological polar surface area (TPSA) is 40.1 Å². The molecule has 1 aliphatic rings. The molecule has 1 heterocycles. The molecule has 0 unspecified atom stereocenters. The minimum Gasteiger partial charge on any atom is -0.389 e. The average Bonchev–Trinajstić information content (AvgIpc) is 1.90. The number of aliphatic imine (C=N–C) groups is 1. The van der Waals surface area contributed by atoms with E-state index in [0.29, 0.717) is 4.99 Å². The third-order valence-electron chi connectivity index (χ3n) is 0.965. The first-order valence-corrected chi connectivity index (χ1v) is 2.91. The molecule has 0 aromatic rings. The number of hydrogen-bond acceptors (Lipinski definition) is 2. The van der Waals surface area contributed by atoms with E-state index in [1.807, 2.05) is 0 Å². The van der Waals surface area contributed by atoms with Gasteiger partial charge in [-0.15, -0.1) is 0 Å². The lowest BCUT2D eigenvalue weighted by Crippen LogP contribution is -2.11. The molecule has 1 aliphatic heterocycles. The Labute approximate surface area is 58.8 Å². The summed E-state index contributed by atoms with van der Waals surface area (Å²) in [6.45, 7) is 0. The largest absolute Gasteiger partial charge is 0.389 e. The lowest BCUT2D eigenvalue weighted by Gasteiger charge is -1.92. The molecule has 1 radical (unpaired) electrons. The van der Waals surface area contributed by atoms with Crippen LogP contribution in [0.1, 0.15) is 0 Å². The van der Waals surface area contributed by atoms with Crippen LogP contribution in [0.5, 0.6) is 0 Å². The van der Waals surface area contributed by atoms with Crippen LogP contribution >= 0.6 is 12.2 Å². The smallest absolute Gasteiger partial charge is 0.242 e. The molecule has 1 rings (SSSR count). The summed E-state index contributed by atoms with van der Waals surface area (Å²) in [5.74, 6) is 0. The molecule has 0 saturated heterocycles.